The van der Waals surface area contributed by atoms with Gasteiger partial charge in [0.15, 0.2) is 0 Å². The molecule has 5 nitrogen and oxygen atoms in total. The van der Waals surface area contributed by atoms with Gasteiger partial charge in [-0.25, -0.2) is 5.10 Å². The van der Waals surface area contributed by atoms with Crippen LogP contribution in [0.4, 0.5) is 0 Å². The van der Waals surface area contributed by atoms with Crippen molar-refractivity contribution in [2.75, 3.05) is 7.11 Å². The number of rotatable bonds is 2. The fraction of sp³-hybridized carbons (Fsp3) is 0.0714. The van der Waals surface area contributed by atoms with Crippen molar-refractivity contribution in [1.82, 2.24) is 15.2 Å². The number of ether oxygens (including phenoxy) is 1. The van der Waals surface area contributed by atoms with Crippen LogP contribution in [0, 0.1) is 0 Å². The van der Waals surface area contributed by atoms with Crippen molar-refractivity contribution < 1.29 is 4.74 Å². The number of aromatic amines is 1. The van der Waals surface area contributed by atoms with E-state index >= 15 is 0 Å². The predicted octanol–water partition coefficient (Wildman–Crippen LogP) is 1.99. The number of pyridine rings is 1. The van der Waals surface area contributed by atoms with Crippen LogP contribution in [0.2, 0.25) is 0 Å². The summed E-state index contributed by atoms with van der Waals surface area (Å²) in [5.74, 6) is 0.769. The van der Waals surface area contributed by atoms with Gasteiger partial charge in [0.25, 0.3) is 5.56 Å². The summed E-state index contributed by atoms with van der Waals surface area (Å²) in [7, 11) is 1.62. The number of benzene rings is 1. The molecular weight excluding hydrogens is 242 g/mol. The first-order valence-electron chi connectivity index (χ1n) is 5.77. The van der Waals surface area contributed by atoms with E-state index in [2.05, 4.69) is 15.2 Å². The number of H-pyrrole nitrogens is 1. The minimum absolute atomic E-state index is 0.236. The smallest absolute Gasteiger partial charge is 0.273 e. The van der Waals surface area contributed by atoms with Gasteiger partial charge in [0, 0.05) is 11.8 Å². The second-order valence-corrected chi connectivity index (χ2v) is 4.03. The second kappa shape index (κ2) is 4.53. The summed E-state index contributed by atoms with van der Waals surface area (Å²) in [6.45, 7) is 0. The van der Waals surface area contributed by atoms with Crippen LogP contribution in [-0.4, -0.2) is 22.3 Å². The van der Waals surface area contributed by atoms with Crippen LogP contribution in [0.25, 0.3) is 22.2 Å². The highest BCUT2D eigenvalue weighted by Crippen LogP contribution is 2.24. The molecule has 1 N–H and O–H groups in total. The van der Waals surface area contributed by atoms with Crippen LogP contribution in [-0.2, 0) is 0 Å². The number of hydrogen-bond donors (Lipinski definition) is 1. The minimum atomic E-state index is -0.236. The molecule has 1 aromatic carbocycles. The molecule has 0 atom stereocenters. The molecule has 3 rings (SSSR count). The molecule has 0 bridgehead atoms. The molecule has 19 heavy (non-hydrogen) atoms. The standard InChI is InChI=1S/C14H11N3O2/c1-19-10-6-4-9(5-7-10)12-13-11(3-2-8-15-13)14(18)17-16-12/h2-8H,1H3,(H,17,18). The van der Waals surface area contributed by atoms with Crippen LogP contribution < -0.4 is 10.3 Å². The lowest BCUT2D eigenvalue weighted by molar-refractivity contribution is 0.415. The van der Waals surface area contributed by atoms with E-state index in [-0.39, 0.29) is 5.56 Å². The maximum absolute atomic E-state index is 11.7. The highest BCUT2D eigenvalue weighted by molar-refractivity contribution is 5.90. The average molecular weight is 253 g/mol. The van der Waals surface area contributed by atoms with Crippen LogP contribution in [0.3, 0.4) is 0 Å². The monoisotopic (exact) mass is 253 g/mol. The van der Waals surface area contributed by atoms with Gasteiger partial charge in [0.1, 0.15) is 17.0 Å². The normalized spacial score (nSPS) is 10.6. The molecule has 0 spiro atoms. The Labute approximate surface area is 108 Å². The van der Waals surface area contributed by atoms with Gasteiger partial charge in [-0.3, -0.25) is 9.78 Å². The molecule has 0 radical (unpaired) electrons. The van der Waals surface area contributed by atoms with Gasteiger partial charge in [0.05, 0.1) is 12.5 Å². The third kappa shape index (κ3) is 1.95. The molecule has 3 aromatic rings. The summed E-state index contributed by atoms with van der Waals surface area (Å²) in [4.78, 5) is 15.9. The van der Waals surface area contributed by atoms with E-state index < -0.39 is 0 Å². The van der Waals surface area contributed by atoms with Crippen LogP contribution >= 0.6 is 0 Å². The molecule has 0 amide bonds. The van der Waals surface area contributed by atoms with E-state index in [1.54, 1.807) is 25.4 Å². The third-order valence-electron chi connectivity index (χ3n) is 2.91. The number of nitrogens with one attached hydrogen (secondary N) is 1. The Hall–Kier alpha value is -2.69. The summed E-state index contributed by atoms with van der Waals surface area (Å²) >= 11 is 0. The zero-order valence-electron chi connectivity index (χ0n) is 10.3. The van der Waals surface area contributed by atoms with Crippen molar-refractivity contribution in [2.24, 2.45) is 0 Å². The van der Waals surface area contributed by atoms with Crippen molar-refractivity contribution in [3.63, 3.8) is 0 Å². The van der Waals surface area contributed by atoms with E-state index in [0.29, 0.717) is 16.6 Å². The predicted molar refractivity (Wildman–Crippen MR) is 72.1 cm³/mol. The number of aromatic nitrogens is 3. The minimum Gasteiger partial charge on any atom is -0.497 e. The Bertz CT molecular complexity index is 779. The van der Waals surface area contributed by atoms with Crippen LogP contribution in [0.1, 0.15) is 0 Å². The number of hydrogen-bond acceptors (Lipinski definition) is 4. The summed E-state index contributed by atoms with van der Waals surface area (Å²) in [6.07, 6.45) is 1.65. The highest BCUT2D eigenvalue weighted by Gasteiger charge is 2.09. The van der Waals surface area contributed by atoms with Crippen molar-refractivity contribution in [3.05, 3.63) is 52.9 Å². The Morgan fingerprint density at radius 1 is 1.16 bits per heavy atom. The first kappa shape index (κ1) is 11.4. The number of fused-ring (bicyclic) bond motifs is 1. The van der Waals surface area contributed by atoms with Gasteiger partial charge in [-0.05, 0) is 36.4 Å². The number of nitrogens with zero attached hydrogens (tertiary/aromatic N) is 2. The van der Waals surface area contributed by atoms with Gasteiger partial charge < -0.3 is 4.74 Å². The van der Waals surface area contributed by atoms with Gasteiger partial charge in [0.2, 0.25) is 0 Å². The molecule has 0 saturated carbocycles. The molecule has 0 saturated heterocycles. The quantitative estimate of drug-likeness (QED) is 0.758. The molecule has 0 aliphatic heterocycles. The lowest BCUT2D eigenvalue weighted by Crippen LogP contribution is -2.10. The molecule has 0 aliphatic rings. The third-order valence-corrected chi connectivity index (χ3v) is 2.91. The van der Waals surface area contributed by atoms with Gasteiger partial charge in [-0.2, -0.15) is 5.10 Å². The van der Waals surface area contributed by atoms with Crippen LogP contribution in [0.15, 0.2) is 47.4 Å². The fourth-order valence-corrected chi connectivity index (χ4v) is 1.95. The second-order valence-electron chi connectivity index (χ2n) is 4.03. The van der Waals surface area contributed by atoms with Gasteiger partial charge in [-0.1, -0.05) is 0 Å². The van der Waals surface area contributed by atoms with Gasteiger partial charge >= 0.3 is 0 Å². The Morgan fingerprint density at radius 2 is 1.95 bits per heavy atom. The molecule has 0 aliphatic carbocycles. The Kier molecular flexibility index (Phi) is 2.72. The zero-order valence-corrected chi connectivity index (χ0v) is 10.3. The van der Waals surface area contributed by atoms with Crippen molar-refractivity contribution in [1.29, 1.82) is 0 Å². The molecule has 2 heterocycles. The molecular formula is C14H11N3O2. The maximum atomic E-state index is 11.7. The van der Waals surface area contributed by atoms with E-state index in [9.17, 15) is 4.79 Å². The Morgan fingerprint density at radius 3 is 2.68 bits per heavy atom. The molecule has 0 unspecified atom stereocenters. The highest BCUT2D eigenvalue weighted by atomic mass is 16.5. The zero-order chi connectivity index (χ0) is 13.2. The van der Waals surface area contributed by atoms with Crippen molar-refractivity contribution in [3.8, 4) is 17.0 Å². The summed E-state index contributed by atoms with van der Waals surface area (Å²) in [5, 5.41) is 7.12. The summed E-state index contributed by atoms with van der Waals surface area (Å²) in [6, 6.07) is 10.9. The fourth-order valence-electron chi connectivity index (χ4n) is 1.95. The Balaban J connectivity index is 2.24. The first-order chi connectivity index (χ1) is 9.29. The van der Waals surface area contributed by atoms with Gasteiger partial charge in [-0.15, -0.1) is 0 Å². The van der Waals surface area contributed by atoms with E-state index in [1.807, 2.05) is 24.3 Å². The molecule has 2 aromatic heterocycles. The largest absolute Gasteiger partial charge is 0.497 e. The van der Waals surface area contributed by atoms with Crippen molar-refractivity contribution >= 4 is 10.9 Å². The van der Waals surface area contributed by atoms with Crippen LogP contribution in [0.5, 0.6) is 5.75 Å². The average Bonchev–Trinajstić information content (AvgIpc) is 2.48. The lowest BCUT2D eigenvalue weighted by Gasteiger charge is -2.05. The van der Waals surface area contributed by atoms with E-state index in [4.69, 9.17) is 4.74 Å². The lowest BCUT2D eigenvalue weighted by atomic mass is 10.1. The maximum Gasteiger partial charge on any atom is 0.273 e. The molecule has 94 valence electrons. The topological polar surface area (TPSA) is 67.9 Å². The molecule has 0 fully saturated rings. The summed E-state index contributed by atoms with van der Waals surface area (Å²) in [5.41, 5.74) is 1.88. The summed E-state index contributed by atoms with van der Waals surface area (Å²) < 4.78 is 5.12. The number of methoxy groups -OCH3 is 1. The van der Waals surface area contributed by atoms with Crippen molar-refractivity contribution in [2.45, 2.75) is 0 Å². The SMILES string of the molecule is COc1ccc(-c2n[nH]c(=O)c3cccnc23)cc1. The van der Waals surface area contributed by atoms with E-state index in [1.165, 1.54) is 0 Å². The van der Waals surface area contributed by atoms with E-state index in [0.717, 1.165) is 11.3 Å². The molecule has 5 heteroatoms. The first-order valence-corrected chi connectivity index (χ1v) is 5.77.